The lowest BCUT2D eigenvalue weighted by Gasteiger charge is -2.08. The van der Waals surface area contributed by atoms with Crippen molar-refractivity contribution in [2.24, 2.45) is 0 Å². The van der Waals surface area contributed by atoms with Gasteiger partial charge in [0.1, 0.15) is 0 Å². The molecule has 3 heteroatoms. The fraction of sp³-hybridized carbons (Fsp3) is 0.0455. The molecule has 1 aromatic heterocycles. The molecule has 0 aliphatic carbocycles. The van der Waals surface area contributed by atoms with Crippen molar-refractivity contribution in [3.63, 3.8) is 0 Å². The molecule has 2 nitrogen and oxygen atoms in total. The first-order valence-electron chi connectivity index (χ1n) is 8.48. The molecule has 0 aliphatic heterocycles. The van der Waals surface area contributed by atoms with E-state index < -0.39 is 0 Å². The van der Waals surface area contributed by atoms with Crippen molar-refractivity contribution < 1.29 is 0 Å². The molecule has 4 rings (SSSR count). The third kappa shape index (κ3) is 4.71. The second-order valence-corrected chi connectivity index (χ2v) is 5.87. The van der Waals surface area contributed by atoms with Gasteiger partial charge in [-0.25, -0.2) is 4.98 Å². The normalized spacial score (nSPS) is 9.80. The number of H-pyrrole nitrogens is 1. The molecule has 0 aliphatic rings. The molecule has 0 fully saturated rings. The molecule has 3 aromatic carbocycles. The number of nitrogens with one attached hydrogen (secondary N) is 1. The van der Waals surface area contributed by atoms with Crippen LogP contribution in [0.15, 0.2) is 104 Å². The summed E-state index contributed by atoms with van der Waals surface area (Å²) in [6, 6.07) is 31.3. The van der Waals surface area contributed by atoms with E-state index in [-0.39, 0.29) is 0 Å². The zero-order chi connectivity index (χ0) is 17.3. The number of hydrogen-bond acceptors (Lipinski definition) is 1. The molecule has 0 bridgehead atoms. The van der Waals surface area contributed by atoms with Crippen LogP contribution in [0, 0.1) is 0 Å². The quantitative estimate of drug-likeness (QED) is 0.567. The Morgan fingerprint density at radius 2 is 1.16 bits per heavy atom. The number of imidazole rings is 1. The first kappa shape index (κ1) is 16.8. The van der Waals surface area contributed by atoms with Crippen LogP contribution < -0.4 is 10.9 Å². The van der Waals surface area contributed by atoms with Gasteiger partial charge in [-0.3, -0.25) is 0 Å². The molecular weight excluding hydrogens is 303 g/mol. The Morgan fingerprint density at radius 3 is 1.60 bits per heavy atom. The summed E-state index contributed by atoms with van der Waals surface area (Å²) in [5.41, 5.74) is 4.98. The van der Waals surface area contributed by atoms with Gasteiger partial charge in [0, 0.05) is 0 Å². The number of nitrogens with zero attached hydrogens (tertiary/aromatic N) is 1. The van der Waals surface area contributed by atoms with E-state index in [0.717, 1.165) is 5.69 Å². The molecule has 1 heterocycles. The van der Waals surface area contributed by atoms with Gasteiger partial charge < -0.3 is 4.98 Å². The number of hydrogen-bond donors (Lipinski definition) is 1. The van der Waals surface area contributed by atoms with Crippen LogP contribution in [0.5, 0.6) is 0 Å². The van der Waals surface area contributed by atoms with Gasteiger partial charge in [0.05, 0.1) is 18.2 Å². The van der Waals surface area contributed by atoms with Gasteiger partial charge in [-0.1, -0.05) is 109 Å². The van der Waals surface area contributed by atoms with Gasteiger partial charge >= 0.3 is 0 Å². The Labute approximate surface area is 149 Å². The Bertz CT molecular complexity index is 805. The van der Waals surface area contributed by atoms with Crippen LogP contribution in [-0.2, 0) is 0 Å². The molecule has 0 spiro atoms. The molecule has 1 N–H and O–H groups in total. The minimum absolute atomic E-state index is 0.484. The van der Waals surface area contributed by atoms with Crippen LogP contribution in [0.3, 0.4) is 0 Å². The van der Waals surface area contributed by atoms with Crippen LogP contribution in [0.25, 0.3) is 11.3 Å². The van der Waals surface area contributed by atoms with Gasteiger partial charge in [-0.2, -0.15) is 0 Å². The molecule has 0 atom stereocenters. The Hall–Kier alpha value is -3.07. The van der Waals surface area contributed by atoms with Crippen LogP contribution in [0.4, 0.5) is 0 Å². The van der Waals surface area contributed by atoms with Crippen molar-refractivity contribution in [2.45, 2.75) is 6.82 Å². The fourth-order valence-electron chi connectivity index (χ4n) is 2.71. The highest BCUT2D eigenvalue weighted by molar-refractivity contribution is 6.84. The maximum absolute atomic E-state index is 3.94. The summed E-state index contributed by atoms with van der Waals surface area (Å²) in [4.78, 5) is 6.99. The highest BCUT2D eigenvalue weighted by atomic mass is 14.9. The first-order chi connectivity index (χ1) is 12.3. The van der Waals surface area contributed by atoms with E-state index in [9.17, 15) is 0 Å². The third-order valence-corrected chi connectivity index (χ3v) is 4.18. The predicted molar refractivity (Wildman–Crippen MR) is 108 cm³/mol. The maximum Gasteiger partial charge on any atom is 0.206 e. The molecule has 4 aromatic rings. The van der Waals surface area contributed by atoms with E-state index in [2.05, 4.69) is 77.5 Å². The van der Waals surface area contributed by atoms with E-state index in [1.807, 2.05) is 36.5 Å². The van der Waals surface area contributed by atoms with Gasteiger partial charge in [0.25, 0.3) is 0 Å². The van der Waals surface area contributed by atoms with Crippen LogP contribution in [0.2, 0.25) is 6.82 Å². The van der Waals surface area contributed by atoms with E-state index in [0.29, 0.717) is 6.71 Å². The fourth-order valence-corrected chi connectivity index (χ4v) is 2.71. The zero-order valence-corrected chi connectivity index (χ0v) is 14.3. The molecule has 122 valence electrons. The maximum atomic E-state index is 3.94. The van der Waals surface area contributed by atoms with E-state index in [1.54, 1.807) is 6.33 Å². The summed E-state index contributed by atoms with van der Waals surface area (Å²) >= 11 is 0. The molecule has 25 heavy (non-hydrogen) atoms. The minimum atomic E-state index is 0.484. The summed E-state index contributed by atoms with van der Waals surface area (Å²) in [5.74, 6) is 0. The lowest BCUT2D eigenvalue weighted by atomic mass is 9.43. The van der Waals surface area contributed by atoms with Crippen molar-refractivity contribution in [2.75, 3.05) is 0 Å². The molecule has 0 saturated carbocycles. The summed E-state index contributed by atoms with van der Waals surface area (Å²) < 4.78 is 0. The number of benzene rings is 3. The third-order valence-electron chi connectivity index (χ3n) is 4.18. The van der Waals surface area contributed by atoms with Crippen LogP contribution in [-0.4, -0.2) is 16.7 Å². The van der Waals surface area contributed by atoms with Crippen molar-refractivity contribution in [1.82, 2.24) is 9.97 Å². The number of aromatic amines is 1. The molecule has 0 unspecified atom stereocenters. The van der Waals surface area contributed by atoms with Gasteiger partial charge in [0.2, 0.25) is 6.71 Å². The predicted octanol–water partition coefficient (Wildman–Crippen LogP) is 4.00. The molecule has 0 radical (unpaired) electrons. The first-order valence-corrected chi connectivity index (χ1v) is 8.48. The van der Waals surface area contributed by atoms with Crippen molar-refractivity contribution in [3.05, 3.63) is 104 Å². The largest absolute Gasteiger partial charge is 0.345 e. The minimum Gasteiger partial charge on any atom is -0.345 e. The topological polar surface area (TPSA) is 28.7 Å². The lowest BCUT2D eigenvalue weighted by molar-refractivity contribution is 1.31. The van der Waals surface area contributed by atoms with Crippen LogP contribution in [0.1, 0.15) is 0 Å². The highest BCUT2D eigenvalue weighted by Crippen LogP contribution is 2.13. The zero-order valence-electron chi connectivity index (χ0n) is 14.3. The van der Waals surface area contributed by atoms with Gasteiger partial charge in [-0.15, -0.1) is 0 Å². The summed E-state index contributed by atoms with van der Waals surface area (Å²) in [6.07, 6.45) is 3.50. The van der Waals surface area contributed by atoms with E-state index in [1.165, 1.54) is 16.5 Å². The van der Waals surface area contributed by atoms with E-state index >= 15 is 0 Å². The average Bonchev–Trinajstić information content (AvgIpc) is 3.25. The van der Waals surface area contributed by atoms with Gasteiger partial charge in [-0.05, 0) is 5.56 Å². The Kier molecular flexibility index (Phi) is 5.84. The standard InChI is InChI=1S/C13H13B.C9H8N2/c1-14(12-8-4-2-5-9-12)13-10-6-3-7-11-13;1-2-4-8(5-3-1)9-6-10-7-11-9/h2-11H,1H3;1-7H,(H,10,11). The second-order valence-electron chi connectivity index (χ2n) is 5.87. The SMILES string of the molecule is CB(c1ccccc1)c1ccccc1.c1ccc(-c2cnc[nH]2)cc1. The molecular formula is C22H21BN2. The number of aromatic nitrogens is 2. The monoisotopic (exact) mass is 324 g/mol. The molecule has 0 amide bonds. The van der Waals surface area contributed by atoms with Crippen LogP contribution >= 0.6 is 0 Å². The Balaban J connectivity index is 0.000000150. The summed E-state index contributed by atoms with van der Waals surface area (Å²) in [5, 5.41) is 0. The lowest BCUT2D eigenvalue weighted by Crippen LogP contribution is -2.38. The summed E-state index contributed by atoms with van der Waals surface area (Å²) in [6.45, 7) is 2.72. The average molecular weight is 324 g/mol. The van der Waals surface area contributed by atoms with Crippen molar-refractivity contribution in [3.8, 4) is 11.3 Å². The second kappa shape index (κ2) is 8.69. The number of rotatable bonds is 3. The van der Waals surface area contributed by atoms with Crippen molar-refractivity contribution in [1.29, 1.82) is 0 Å². The van der Waals surface area contributed by atoms with Gasteiger partial charge in [0.15, 0.2) is 0 Å². The van der Waals surface area contributed by atoms with Crippen molar-refractivity contribution >= 4 is 17.6 Å². The summed E-state index contributed by atoms with van der Waals surface area (Å²) in [7, 11) is 0. The molecule has 0 saturated heterocycles. The Morgan fingerprint density at radius 1 is 0.680 bits per heavy atom. The smallest absolute Gasteiger partial charge is 0.206 e. The highest BCUT2D eigenvalue weighted by Gasteiger charge is 2.10. The van der Waals surface area contributed by atoms with E-state index in [4.69, 9.17) is 0 Å².